The zero-order chi connectivity index (χ0) is 31.0. The molecule has 1 N–H and O–H groups in total. The molecule has 0 saturated carbocycles. The lowest BCUT2D eigenvalue weighted by Gasteiger charge is -2.19. The van der Waals surface area contributed by atoms with E-state index in [1.165, 1.54) is 45.3 Å². The number of ether oxygens (including phenoxy) is 3. The van der Waals surface area contributed by atoms with Crippen molar-refractivity contribution in [2.45, 2.75) is 91.4 Å². The first-order valence-corrected chi connectivity index (χ1v) is 15.4. The van der Waals surface area contributed by atoms with Crippen LogP contribution in [0.4, 0.5) is 0 Å². The van der Waals surface area contributed by atoms with Crippen LogP contribution in [0.5, 0.6) is 5.75 Å². The summed E-state index contributed by atoms with van der Waals surface area (Å²) in [7, 11) is 3.06. The molecule has 0 fully saturated rings. The molecular weight excluding hydrogens is 528 g/mol. The summed E-state index contributed by atoms with van der Waals surface area (Å²) in [6.45, 7) is 7.06. The van der Waals surface area contributed by atoms with Gasteiger partial charge in [-0.25, -0.2) is 9.59 Å². The van der Waals surface area contributed by atoms with Gasteiger partial charge in [0.1, 0.15) is 5.75 Å². The molecule has 0 saturated heterocycles. The zero-order valence-electron chi connectivity index (χ0n) is 26.4. The van der Waals surface area contributed by atoms with Crippen molar-refractivity contribution >= 4 is 23.6 Å². The van der Waals surface area contributed by atoms with E-state index in [4.69, 9.17) is 14.2 Å². The number of carboxylic acid groups (broad SMARTS) is 1. The van der Waals surface area contributed by atoms with Gasteiger partial charge in [-0.05, 0) is 48.1 Å². The lowest BCUT2D eigenvalue weighted by molar-refractivity contribution is -0.138. The van der Waals surface area contributed by atoms with E-state index < -0.39 is 5.97 Å². The number of hydrogen-bond acceptors (Lipinski definition) is 5. The van der Waals surface area contributed by atoms with Crippen LogP contribution in [0.25, 0.3) is 11.6 Å². The van der Waals surface area contributed by atoms with Gasteiger partial charge in [0.05, 0.1) is 20.8 Å². The van der Waals surface area contributed by atoms with E-state index in [9.17, 15) is 14.7 Å². The SMILES string of the molecule is CCCCC(CC)CC(=C(OC)C(=O)O)c1ccccc1.CCCCCCCCOC(=O)C=Cc1ccc(OC)cc1. The Kier molecular flexibility index (Phi) is 20.0. The molecule has 0 aliphatic carbocycles. The number of hydrogen-bond donors (Lipinski definition) is 1. The number of carboxylic acids is 1. The van der Waals surface area contributed by atoms with E-state index in [0.717, 1.165) is 61.0 Å². The van der Waals surface area contributed by atoms with Crippen molar-refractivity contribution in [2.24, 2.45) is 5.92 Å². The Balaban J connectivity index is 0.000000420. The molecule has 0 radical (unpaired) electrons. The van der Waals surface area contributed by atoms with Crippen LogP contribution in [-0.2, 0) is 19.1 Å². The molecule has 6 heteroatoms. The second kappa shape index (κ2) is 23.1. The Morgan fingerprint density at radius 3 is 2.05 bits per heavy atom. The molecule has 1 unspecified atom stereocenters. The lowest BCUT2D eigenvalue weighted by Crippen LogP contribution is -2.10. The summed E-state index contributed by atoms with van der Waals surface area (Å²) in [5, 5.41) is 9.38. The molecule has 1 atom stereocenters. The van der Waals surface area contributed by atoms with Gasteiger partial charge < -0.3 is 19.3 Å². The quantitative estimate of drug-likeness (QED) is 0.0771. The van der Waals surface area contributed by atoms with Crippen LogP contribution < -0.4 is 4.74 Å². The van der Waals surface area contributed by atoms with Crippen molar-refractivity contribution in [3.63, 3.8) is 0 Å². The molecule has 2 rings (SSSR count). The first kappa shape index (κ1) is 36.5. The highest BCUT2D eigenvalue weighted by molar-refractivity contribution is 5.94. The number of carbonyl (C=O) groups excluding carboxylic acids is 1. The van der Waals surface area contributed by atoms with Gasteiger partial charge in [-0.15, -0.1) is 0 Å². The third kappa shape index (κ3) is 15.5. The first-order valence-electron chi connectivity index (χ1n) is 15.4. The molecule has 6 nitrogen and oxygen atoms in total. The number of aliphatic carboxylic acids is 1. The smallest absolute Gasteiger partial charge is 0.371 e. The largest absolute Gasteiger partial charge is 0.497 e. The van der Waals surface area contributed by atoms with E-state index in [1.807, 2.05) is 54.6 Å². The van der Waals surface area contributed by atoms with Crippen LogP contribution in [0.2, 0.25) is 0 Å². The summed E-state index contributed by atoms with van der Waals surface area (Å²) in [6.07, 6.45) is 15.6. The molecule has 0 bridgehead atoms. The van der Waals surface area contributed by atoms with Gasteiger partial charge in [-0.3, -0.25) is 0 Å². The van der Waals surface area contributed by atoms with Crippen molar-refractivity contribution in [1.29, 1.82) is 0 Å². The topological polar surface area (TPSA) is 82.1 Å². The molecule has 0 aliphatic heterocycles. The molecule has 0 spiro atoms. The third-order valence-electron chi connectivity index (χ3n) is 7.10. The number of rotatable bonds is 19. The summed E-state index contributed by atoms with van der Waals surface area (Å²) in [6, 6.07) is 17.2. The Labute approximate surface area is 253 Å². The fourth-order valence-electron chi connectivity index (χ4n) is 4.54. The molecule has 232 valence electrons. The molecule has 0 amide bonds. The maximum Gasteiger partial charge on any atom is 0.371 e. The van der Waals surface area contributed by atoms with Crippen LogP contribution in [0.3, 0.4) is 0 Å². The van der Waals surface area contributed by atoms with Crippen molar-refractivity contribution in [3.05, 3.63) is 77.6 Å². The number of allylic oxidation sites excluding steroid dienone is 1. The minimum absolute atomic E-state index is 0.0659. The van der Waals surface area contributed by atoms with E-state index >= 15 is 0 Å². The minimum Gasteiger partial charge on any atom is -0.497 e. The van der Waals surface area contributed by atoms with Gasteiger partial charge in [0.25, 0.3) is 0 Å². The first-order chi connectivity index (χ1) is 20.4. The average molecular weight is 581 g/mol. The van der Waals surface area contributed by atoms with Crippen molar-refractivity contribution in [3.8, 4) is 5.75 Å². The van der Waals surface area contributed by atoms with Gasteiger partial charge in [0.2, 0.25) is 5.76 Å². The van der Waals surface area contributed by atoms with Crippen LogP contribution >= 0.6 is 0 Å². The Morgan fingerprint density at radius 1 is 0.833 bits per heavy atom. The Bertz CT molecular complexity index is 1060. The normalized spacial score (nSPS) is 12.1. The fourth-order valence-corrected chi connectivity index (χ4v) is 4.54. The summed E-state index contributed by atoms with van der Waals surface area (Å²) < 4.78 is 15.4. The lowest BCUT2D eigenvalue weighted by atomic mass is 9.88. The molecule has 0 heterocycles. The monoisotopic (exact) mass is 580 g/mol. The van der Waals surface area contributed by atoms with Gasteiger partial charge in [0, 0.05) is 11.6 Å². The number of carbonyl (C=O) groups is 2. The van der Waals surface area contributed by atoms with Crippen LogP contribution in [0, 0.1) is 5.92 Å². The number of unbranched alkanes of at least 4 members (excludes halogenated alkanes) is 6. The van der Waals surface area contributed by atoms with Gasteiger partial charge in [-0.1, -0.05) is 121 Å². The predicted octanol–water partition coefficient (Wildman–Crippen LogP) is 9.35. The Morgan fingerprint density at radius 2 is 1.48 bits per heavy atom. The van der Waals surface area contributed by atoms with Crippen molar-refractivity contribution in [2.75, 3.05) is 20.8 Å². The molecule has 2 aromatic carbocycles. The maximum atomic E-state index is 11.5. The highest BCUT2D eigenvalue weighted by Crippen LogP contribution is 2.30. The van der Waals surface area contributed by atoms with Gasteiger partial charge >= 0.3 is 11.9 Å². The van der Waals surface area contributed by atoms with Crippen molar-refractivity contribution in [1.82, 2.24) is 0 Å². The van der Waals surface area contributed by atoms with Crippen LogP contribution in [-0.4, -0.2) is 37.9 Å². The number of methoxy groups -OCH3 is 2. The van der Waals surface area contributed by atoms with Crippen LogP contribution in [0.15, 0.2) is 66.4 Å². The second-order valence-corrected chi connectivity index (χ2v) is 10.3. The number of esters is 1. The molecule has 0 aromatic heterocycles. The number of benzene rings is 2. The summed E-state index contributed by atoms with van der Waals surface area (Å²) in [5.74, 6) is 0.0830. The van der Waals surface area contributed by atoms with E-state index in [1.54, 1.807) is 13.2 Å². The molecule has 0 aliphatic rings. The molecular formula is C36H52O6. The fraction of sp³-hybridized carbons (Fsp3) is 0.500. The van der Waals surface area contributed by atoms with E-state index in [2.05, 4.69) is 20.8 Å². The minimum atomic E-state index is -0.998. The summed E-state index contributed by atoms with van der Waals surface area (Å²) in [5.41, 5.74) is 2.69. The van der Waals surface area contributed by atoms with Gasteiger partial charge in [0.15, 0.2) is 0 Å². The Hall–Kier alpha value is -3.54. The van der Waals surface area contributed by atoms with Gasteiger partial charge in [-0.2, -0.15) is 0 Å². The predicted molar refractivity (Wildman–Crippen MR) is 172 cm³/mol. The summed E-state index contributed by atoms with van der Waals surface area (Å²) >= 11 is 0. The standard InChI is InChI=1S/2C18H26O3/c1-4-6-10-14(5-2)13-16(17(21-3)18(19)20)15-11-8-7-9-12-15;1-3-4-5-6-7-8-15-21-18(19)14-11-16-9-12-17(20-2)13-10-16/h7-9,11-12,14H,4-6,10,13H2,1-3H3,(H,19,20);9-14H,3-8,15H2,1-2H3. The highest BCUT2D eigenvalue weighted by Gasteiger charge is 2.20. The van der Waals surface area contributed by atoms with Crippen LogP contribution in [0.1, 0.15) is 103 Å². The third-order valence-corrected chi connectivity index (χ3v) is 7.10. The second-order valence-electron chi connectivity index (χ2n) is 10.3. The van der Waals surface area contributed by atoms with Crippen molar-refractivity contribution < 1.29 is 28.9 Å². The molecule has 42 heavy (non-hydrogen) atoms. The van der Waals surface area contributed by atoms with E-state index in [-0.39, 0.29) is 11.7 Å². The van der Waals surface area contributed by atoms with E-state index in [0.29, 0.717) is 12.5 Å². The maximum absolute atomic E-state index is 11.5. The summed E-state index contributed by atoms with van der Waals surface area (Å²) in [4.78, 5) is 23.0. The zero-order valence-corrected chi connectivity index (χ0v) is 26.4. The highest BCUT2D eigenvalue weighted by atomic mass is 16.5. The molecule has 2 aromatic rings. The average Bonchev–Trinajstić information content (AvgIpc) is 3.02.